The lowest BCUT2D eigenvalue weighted by Crippen LogP contribution is -2.25. The number of carbonyl (C=O) groups excluding carboxylic acids is 1. The van der Waals surface area contributed by atoms with Gasteiger partial charge in [-0.3, -0.25) is 9.69 Å². The molecule has 1 aliphatic heterocycles. The summed E-state index contributed by atoms with van der Waals surface area (Å²) in [7, 11) is 1.52. The third-order valence-corrected chi connectivity index (χ3v) is 6.98. The number of aliphatic hydroxyl groups excluding tert-OH is 1. The summed E-state index contributed by atoms with van der Waals surface area (Å²) in [5.41, 5.74) is 1.64. The van der Waals surface area contributed by atoms with Gasteiger partial charge >= 0.3 is 0 Å². The molecule has 5 rings (SSSR count). The molecule has 1 aliphatic carbocycles. The van der Waals surface area contributed by atoms with E-state index in [4.69, 9.17) is 16.3 Å². The van der Waals surface area contributed by atoms with Gasteiger partial charge in [-0.25, -0.2) is 14.4 Å². The largest absolute Gasteiger partial charge is 0.494 e. The minimum atomic E-state index is -0.511. The molecular formula is C25H25ClFN5O3. The maximum atomic E-state index is 13.5. The number of nitrogens with zero attached hydrogens (tertiary/aromatic N) is 3. The molecule has 0 radical (unpaired) electrons. The number of hydrogen-bond donors (Lipinski definition) is 3. The Balaban J connectivity index is 1.30. The van der Waals surface area contributed by atoms with Gasteiger partial charge in [0.25, 0.3) is 0 Å². The topological polar surface area (TPSA) is 99.6 Å². The van der Waals surface area contributed by atoms with Gasteiger partial charge in [-0.1, -0.05) is 17.7 Å². The second-order valence-electron chi connectivity index (χ2n) is 8.83. The number of fused-ring (bicyclic) bond motifs is 2. The van der Waals surface area contributed by atoms with Gasteiger partial charge in [-0.05, 0) is 42.0 Å². The Kier molecular flexibility index (Phi) is 6.55. The molecule has 2 aliphatic rings. The summed E-state index contributed by atoms with van der Waals surface area (Å²) >= 11 is 5.89. The van der Waals surface area contributed by atoms with Crippen LogP contribution in [0.1, 0.15) is 0 Å². The van der Waals surface area contributed by atoms with E-state index in [1.54, 1.807) is 18.2 Å². The highest BCUT2D eigenvalue weighted by Crippen LogP contribution is 2.51. The second kappa shape index (κ2) is 9.77. The number of ether oxygens (including phenoxy) is 1. The fraction of sp³-hybridized carbons (Fsp3) is 0.320. The fourth-order valence-electron chi connectivity index (χ4n) is 4.80. The average Bonchev–Trinajstić information content (AvgIpc) is 3.33. The monoisotopic (exact) mass is 497 g/mol. The van der Waals surface area contributed by atoms with E-state index in [0.717, 1.165) is 13.1 Å². The molecule has 1 saturated heterocycles. The number of methoxy groups -OCH3 is 1. The molecule has 2 aromatic carbocycles. The third kappa shape index (κ3) is 4.93. The molecule has 182 valence electrons. The van der Waals surface area contributed by atoms with E-state index in [0.29, 0.717) is 58.1 Å². The molecule has 2 atom stereocenters. The highest BCUT2D eigenvalue weighted by atomic mass is 35.5. The van der Waals surface area contributed by atoms with Crippen molar-refractivity contribution in [2.24, 2.45) is 17.8 Å². The summed E-state index contributed by atoms with van der Waals surface area (Å²) in [5, 5.41) is 15.9. The number of likely N-dealkylation sites (tertiary alicyclic amines) is 1. The standard InChI is InChI=1S/C25H25ClFN5O3/c1-35-23-9-21-15(25(29-13-28-21)30-14-4-5-20(27)19(26)7-14)8-22(23)31-24(34)3-2-6-32-10-16-17(11-32)18(16)12-33/h2-5,7-9,13,16-18,33H,6,10-12H2,1H3,(H,31,34)(H,28,29,30). The van der Waals surface area contributed by atoms with Gasteiger partial charge in [0, 0.05) is 49.5 Å². The molecule has 2 unspecified atom stereocenters. The van der Waals surface area contributed by atoms with Crippen molar-refractivity contribution in [3.05, 3.63) is 59.7 Å². The van der Waals surface area contributed by atoms with Crippen molar-refractivity contribution in [3.8, 4) is 5.75 Å². The first-order valence-corrected chi connectivity index (χ1v) is 11.7. The number of rotatable bonds is 8. The lowest BCUT2D eigenvalue weighted by Gasteiger charge is -2.16. The zero-order valence-electron chi connectivity index (χ0n) is 19.0. The van der Waals surface area contributed by atoms with Crippen LogP contribution in [0, 0.1) is 23.6 Å². The van der Waals surface area contributed by atoms with Crippen LogP contribution in [0.4, 0.5) is 21.6 Å². The Morgan fingerprint density at radius 1 is 1.29 bits per heavy atom. The van der Waals surface area contributed by atoms with Crippen molar-refractivity contribution < 1.29 is 19.0 Å². The van der Waals surface area contributed by atoms with E-state index in [2.05, 4.69) is 25.5 Å². The third-order valence-electron chi connectivity index (χ3n) is 6.69. The Bertz CT molecular complexity index is 1290. The van der Waals surface area contributed by atoms with Crippen LogP contribution >= 0.6 is 11.6 Å². The molecule has 0 bridgehead atoms. The van der Waals surface area contributed by atoms with Crippen LogP contribution in [-0.4, -0.2) is 59.2 Å². The summed E-state index contributed by atoms with van der Waals surface area (Å²) < 4.78 is 19.0. The van der Waals surface area contributed by atoms with Gasteiger partial charge in [0.1, 0.15) is 23.7 Å². The lowest BCUT2D eigenvalue weighted by molar-refractivity contribution is -0.111. The first-order chi connectivity index (χ1) is 17.0. The highest BCUT2D eigenvalue weighted by molar-refractivity contribution is 6.31. The van der Waals surface area contributed by atoms with Crippen molar-refractivity contribution in [3.63, 3.8) is 0 Å². The summed E-state index contributed by atoms with van der Waals surface area (Å²) in [6, 6.07) is 7.74. The van der Waals surface area contributed by atoms with Gasteiger partial charge in [-0.2, -0.15) is 0 Å². The minimum Gasteiger partial charge on any atom is -0.494 e. The molecule has 1 amide bonds. The van der Waals surface area contributed by atoms with E-state index in [1.165, 1.54) is 31.6 Å². The zero-order valence-corrected chi connectivity index (χ0v) is 19.8. The molecule has 2 heterocycles. The van der Waals surface area contributed by atoms with E-state index >= 15 is 0 Å². The van der Waals surface area contributed by atoms with Gasteiger partial charge in [0.05, 0.1) is 23.3 Å². The highest BCUT2D eigenvalue weighted by Gasteiger charge is 2.54. The Labute approximate surface area is 206 Å². The molecular weight excluding hydrogens is 473 g/mol. The number of carbonyl (C=O) groups is 1. The number of anilines is 3. The number of aromatic nitrogens is 2. The summed E-state index contributed by atoms with van der Waals surface area (Å²) in [4.78, 5) is 23.5. The number of hydrogen-bond acceptors (Lipinski definition) is 7. The van der Waals surface area contributed by atoms with Crippen molar-refractivity contribution in [1.82, 2.24) is 14.9 Å². The molecule has 35 heavy (non-hydrogen) atoms. The zero-order chi connectivity index (χ0) is 24.5. The van der Waals surface area contributed by atoms with Gasteiger partial charge < -0.3 is 20.5 Å². The Hall–Kier alpha value is -3.27. The molecule has 0 spiro atoms. The molecule has 8 nitrogen and oxygen atoms in total. The van der Waals surface area contributed by atoms with E-state index in [9.17, 15) is 14.3 Å². The summed E-state index contributed by atoms with van der Waals surface area (Å²) in [6.07, 6.45) is 4.76. The quantitative estimate of drug-likeness (QED) is 0.407. The van der Waals surface area contributed by atoms with Crippen molar-refractivity contribution in [2.45, 2.75) is 0 Å². The number of nitrogens with one attached hydrogen (secondary N) is 2. The van der Waals surface area contributed by atoms with Gasteiger partial charge in [-0.15, -0.1) is 0 Å². The van der Waals surface area contributed by atoms with Crippen molar-refractivity contribution in [1.29, 1.82) is 0 Å². The maximum Gasteiger partial charge on any atom is 0.248 e. The molecule has 2 fully saturated rings. The first kappa shape index (κ1) is 23.5. The number of halogens is 2. The molecule has 1 aromatic heterocycles. The predicted octanol–water partition coefficient (Wildman–Crippen LogP) is 3.84. The Morgan fingerprint density at radius 2 is 2.09 bits per heavy atom. The smallest absolute Gasteiger partial charge is 0.248 e. The van der Waals surface area contributed by atoms with Crippen LogP contribution in [0.15, 0.2) is 48.8 Å². The van der Waals surface area contributed by atoms with E-state index < -0.39 is 5.82 Å². The Morgan fingerprint density at radius 3 is 2.80 bits per heavy atom. The van der Waals surface area contributed by atoms with Crippen LogP contribution in [0.3, 0.4) is 0 Å². The van der Waals surface area contributed by atoms with Crippen LogP contribution in [-0.2, 0) is 4.79 Å². The molecule has 10 heteroatoms. The average molecular weight is 498 g/mol. The number of benzene rings is 2. The minimum absolute atomic E-state index is 0.00561. The van der Waals surface area contributed by atoms with Crippen molar-refractivity contribution in [2.75, 3.05) is 44.0 Å². The lowest BCUT2D eigenvalue weighted by atomic mass is 10.1. The van der Waals surface area contributed by atoms with Crippen LogP contribution in [0.2, 0.25) is 5.02 Å². The fourth-order valence-corrected chi connectivity index (χ4v) is 4.98. The van der Waals surface area contributed by atoms with Gasteiger partial charge in [0.15, 0.2) is 0 Å². The summed E-state index contributed by atoms with van der Waals surface area (Å²) in [5.74, 6) is 1.80. The first-order valence-electron chi connectivity index (χ1n) is 11.3. The van der Waals surface area contributed by atoms with E-state index in [1.807, 2.05) is 6.08 Å². The normalized spacial score (nSPS) is 21.3. The van der Waals surface area contributed by atoms with Crippen LogP contribution in [0.25, 0.3) is 10.9 Å². The molecule has 1 saturated carbocycles. The van der Waals surface area contributed by atoms with Crippen molar-refractivity contribution >= 4 is 45.6 Å². The molecule has 3 aromatic rings. The van der Waals surface area contributed by atoms with E-state index in [-0.39, 0.29) is 17.5 Å². The van der Waals surface area contributed by atoms with Crippen LogP contribution < -0.4 is 15.4 Å². The number of piperidine rings is 1. The molecule has 3 N–H and O–H groups in total. The number of amides is 1. The summed E-state index contributed by atoms with van der Waals surface area (Å²) in [6.45, 7) is 2.90. The maximum absolute atomic E-state index is 13.5. The van der Waals surface area contributed by atoms with Crippen LogP contribution in [0.5, 0.6) is 5.75 Å². The van der Waals surface area contributed by atoms with Gasteiger partial charge in [0.2, 0.25) is 5.91 Å². The SMILES string of the molecule is COc1cc2ncnc(Nc3ccc(F)c(Cl)c3)c2cc1NC(=O)C=CCN1CC2C(CO)C2C1. The predicted molar refractivity (Wildman–Crippen MR) is 133 cm³/mol. The number of aliphatic hydroxyl groups is 1. The second-order valence-corrected chi connectivity index (χ2v) is 9.24.